The molecule has 2 aromatic rings. The van der Waals surface area contributed by atoms with Gasteiger partial charge in [0.05, 0.1) is 28.0 Å². The molecule has 3 fully saturated rings. The fourth-order valence-electron chi connectivity index (χ4n) is 6.67. The highest BCUT2D eigenvalue weighted by molar-refractivity contribution is 6.26. The van der Waals surface area contributed by atoms with Crippen molar-refractivity contribution in [2.24, 2.45) is 11.8 Å². The molecule has 0 bridgehead atoms. The van der Waals surface area contributed by atoms with Crippen molar-refractivity contribution in [3.8, 4) is 0 Å². The number of fused-ring (bicyclic) bond motifs is 7. The fourth-order valence-corrected chi connectivity index (χ4v) is 6.67. The molecule has 4 aliphatic heterocycles. The number of rotatable bonds is 2. The molecule has 3 saturated heterocycles. The van der Waals surface area contributed by atoms with Crippen LogP contribution in [0.5, 0.6) is 0 Å². The van der Waals surface area contributed by atoms with Crippen LogP contribution in [-0.4, -0.2) is 40.1 Å². The molecule has 168 valence electrons. The summed E-state index contributed by atoms with van der Waals surface area (Å²) < 4.78 is 0. The Hall–Kier alpha value is -3.59. The second-order valence-corrected chi connectivity index (χ2v) is 9.31. The predicted molar refractivity (Wildman–Crippen MR) is 119 cm³/mol. The van der Waals surface area contributed by atoms with E-state index in [9.17, 15) is 24.5 Å². The van der Waals surface area contributed by atoms with Gasteiger partial charge in [-0.25, -0.2) is 4.90 Å². The molecule has 4 aliphatic rings. The van der Waals surface area contributed by atoms with Gasteiger partial charge in [-0.15, -0.1) is 0 Å². The maximum Gasteiger partial charge on any atom is 0.274 e. The van der Waals surface area contributed by atoms with E-state index in [0.29, 0.717) is 12.2 Å². The molecule has 33 heavy (non-hydrogen) atoms. The van der Waals surface area contributed by atoms with Gasteiger partial charge in [0.15, 0.2) is 0 Å². The van der Waals surface area contributed by atoms with E-state index in [2.05, 4.69) is 10.2 Å². The number of nitro groups is 1. The highest BCUT2D eigenvalue weighted by atomic mass is 16.6. The molecule has 2 aromatic carbocycles. The SMILES string of the molecule is Cc1cccc2c1NC(=O)[C@@]21[C@@H]2C(=O)N(c3cccc([N+](=O)[O-])c3C)C(=O)[C@H]2[C@H]2CCCN21. The molecule has 4 atom stereocenters. The number of nitro benzene ring substituents is 1. The minimum absolute atomic E-state index is 0.151. The predicted octanol–water partition coefficient (Wildman–Crippen LogP) is 2.64. The summed E-state index contributed by atoms with van der Waals surface area (Å²) in [7, 11) is 0. The Balaban J connectivity index is 1.56. The van der Waals surface area contributed by atoms with E-state index in [1.54, 1.807) is 13.0 Å². The van der Waals surface area contributed by atoms with Crippen molar-refractivity contribution in [1.29, 1.82) is 0 Å². The number of benzene rings is 2. The summed E-state index contributed by atoms with van der Waals surface area (Å²) in [6.07, 6.45) is 1.56. The monoisotopic (exact) mass is 446 g/mol. The largest absolute Gasteiger partial charge is 0.324 e. The molecule has 6 rings (SSSR count). The Bertz CT molecular complexity index is 1290. The highest BCUT2D eigenvalue weighted by Gasteiger charge is 2.74. The van der Waals surface area contributed by atoms with Gasteiger partial charge in [0.2, 0.25) is 17.7 Å². The van der Waals surface area contributed by atoms with Crippen LogP contribution < -0.4 is 10.2 Å². The number of nitrogens with one attached hydrogen (secondary N) is 1. The summed E-state index contributed by atoms with van der Waals surface area (Å²) in [6.45, 7) is 4.09. The summed E-state index contributed by atoms with van der Waals surface area (Å²) in [6, 6.07) is 9.82. The Kier molecular flexibility index (Phi) is 3.93. The molecule has 0 aliphatic carbocycles. The van der Waals surface area contributed by atoms with E-state index in [0.717, 1.165) is 28.9 Å². The summed E-state index contributed by atoms with van der Waals surface area (Å²) in [5, 5.41) is 14.5. The van der Waals surface area contributed by atoms with E-state index < -0.39 is 28.2 Å². The van der Waals surface area contributed by atoms with Crippen LogP contribution in [0.4, 0.5) is 17.1 Å². The zero-order valence-corrected chi connectivity index (χ0v) is 18.2. The second kappa shape index (κ2) is 6.48. The first-order valence-electron chi connectivity index (χ1n) is 11.1. The Morgan fingerprint density at radius 2 is 1.85 bits per heavy atom. The smallest absolute Gasteiger partial charge is 0.274 e. The van der Waals surface area contributed by atoms with E-state index >= 15 is 0 Å². The Labute approximate surface area is 189 Å². The normalized spacial score (nSPS) is 30.1. The van der Waals surface area contributed by atoms with E-state index in [-0.39, 0.29) is 34.8 Å². The molecule has 0 unspecified atom stereocenters. The number of carbonyl (C=O) groups is 3. The van der Waals surface area contributed by atoms with Crippen molar-refractivity contribution in [2.75, 3.05) is 16.8 Å². The van der Waals surface area contributed by atoms with Gasteiger partial charge >= 0.3 is 0 Å². The number of amides is 3. The van der Waals surface area contributed by atoms with Crippen LogP contribution >= 0.6 is 0 Å². The molecule has 3 amide bonds. The first kappa shape index (κ1) is 20.0. The zero-order chi connectivity index (χ0) is 23.2. The van der Waals surface area contributed by atoms with Gasteiger partial charge in [0.25, 0.3) is 5.69 Å². The van der Waals surface area contributed by atoms with E-state index in [1.165, 1.54) is 12.1 Å². The van der Waals surface area contributed by atoms with Crippen LogP contribution in [0.3, 0.4) is 0 Å². The Morgan fingerprint density at radius 1 is 1.09 bits per heavy atom. The van der Waals surface area contributed by atoms with Crippen molar-refractivity contribution >= 4 is 34.8 Å². The number of anilines is 2. The van der Waals surface area contributed by atoms with E-state index in [1.807, 2.05) is 25.1 Å². The third-order valence-corrected chi connectivity index (χ3v) is 7.95. The molecule has 9 heteroatoms. The molecule has 9 nitrogen and oxygen atoms in total. The van der Waals surface area contributed by atoms with Gasteiger partial charge in [0.1, 0.15) is 5.54 Å². The minimum Gasteiger partial charge on any atom is -0.324 e. The molecule has 0 saturated carbocycles. The van der Waals surface area contributed by atoms with Crippen LogP contribution in [0.15, 0.2) is 36.4 Å². The molecule has 4 heterocycles. The third kappa shape index (κ3) is 2.22. The van der Waals surface area contributed by atoms with Gasteiger partial charge < -0.3 is 5.32 Å². The second-order valence-electron chi connectivity index (χ2n) is 9.31. The summed E-state index contributed by atoms with van der Waals surface area (Å²) in [5.74, 6) is -2.67. The lowest BCUT2D eigenvalue weighted by atomic mass is 9.75. The molecule has 0 aromatic heterocycles. The minimum atomic E-state index is -1.25. The molecule has 0 radical (unpaired) electrons. The highest BCUT2D eigenvalue weighted by Crippen LogP contribution is 2.61. The van der Waals surface area contributed by atoms with Gasteiger partial charge in [-0.2, -0.15) is 0 Å². The lowest BCUT2D eigenvalue weighted by Gasteiger charge is -2.36. The van der Waals surface area contributed by atoms with Crippen molar-refractivity contribution in [3.63, 3.8) is 0 Å². The van der Waals surface area contributed by atoms with Gasteiger partial charge in [0, 0.05) is 23.4 Å². The molecular formula is C24H22N4O5. The third-order valence-electron chi connectivity index (χ3n) is 7.95. The number of hydrogen-bond donors (Lipinski definition) is 1. The maximum absolute atomic E-state index is 14.0. The van der Waals surface area contributed by atoms with Crippen molar-refractivity contribution in [1.82, 2.24) is 4.90 Å². The number of nitrogens with zero attached hydrogens (tertiary/aromatic N) is 3. The molecule has 1 spiro atoms. The number of aryl methyl sites for hydroxylation is 1. The standard InChI is InChI=1S/C24H22N4O5/c1-12-6-3-7-14-20(12)25-23(31)24(14)19-18(17-10-5-11-26(17)24)21(29)27(22(19)30)15-8-4-9-16(13(15)2)28(32)33/h3-4,6-9,17-19H,5,10-11H2,1-2H3,(H,25,31)/t17-,18+,19+,24+/m1/s1. The topological polar surface area (TPSA) is 113 Å². The van der Waals surface area contributed by atoms with Gasteiger partial charge in [-0.1, -0.05) is 24.3 Å². The summed E-state index contributed by atoms with van der Waals surface area (Å²) in [4.78, 5) is 55.6. The quantitative estimate of drug-likeness (QED) is 0.431. The average Bonchev–Trinajstić information content (AvgIpc) is 3.48. The maximum atomic E-state index is 14.0. The molecular weight excluding hydrogens is 424 g/mol. The number of carbonyl (C=O) groups excluding carboxylic acids is 3. The van der Waals surface area contributed by atoms with Crippen LogP contribution in [0.25, 0.3) is 0 Å². The van der Waals surface area contributed by atoms with Crippen molar-refractivity contribution < 1.29 is 19.3 Å². The van der Waals surface area contributed by atoms with Gasteiger partial charge in [-0.05, 0) is 44.9 Å². The van der Waals surface area contributed by atoms with Crippen molar-refractivity contribution in [3.05, 3.63) is 63.2 Å². The first-order valence-corrected chi connectivity index (χ1v) is 11.1. The average molecular weight is 446 g/mol. The fraction of sp³-hybridized carbons (Fsp3) is 0.375. The zero-order valence-electron chi connectivity index (χ0n) is 18.2. The molecule has 1 N–H and O–H groups in total. The summed E-state index contributed by atoms with van der Waals surface area (Å²) in [5.41, 5.74) is 1.43. The van der Waals surface area contributed by atoms with Crippen LogP contribution in [0.2, 0.25) is 0 Å². The van der Waals surface area contributed by atoms with Crippen LogP contribution in [-0.2, 0) is 19.9 Å². The number of para-hydroxylation sites is 1. The van der Waals surface area contributed by atoms with E-state index in [4.69, 9.17) is 0 Å². The number of hydrogen-bond acceptors (Lipinski definition) is 6. The first-order chi connectivity index (χ1) is 15.8. The Morgan fingerprint density at radius 3 is 2.61 bits per heavy atom. The van der Waals surface area contributed by atoms with Crippen molar-refractivity contribution in [2.45, 2.75) is 38.3 Å². The van der Waals surface area contributed by atoms with Crippen LogP contribution in [0, 0.1) is 35.8 Å². The summed E-state index contributed by atoms with van der Waals surface area (Å²) >= 11 is 0. The lowest BCUT2D eigenvalue weighted by molar-refractivity contribution is -0.385. The number of imide groups is 1. The van der Waals surface area contributed by atoms with Gasteiger partial charge in [-0.3, -0.25) is 29.4 Å². The lowest BCUT2D eigenvalue weighted by Crippen LogP contribution is -2.54. The van der Waals surface area contributed by atoms with Crippen LogP contribution in [0.1, 0.15) is 29.5 Å².